The van der Waals surface area contributed by atoms with Crippen molar-refractivity contribution in [2.75, 3.05) is 52.3 Å². The maximum atomic E-state index is 12.7. The second-order valence-corrected chi connectivity index (χ2v) is 9.15. The molecule has 0 atom stereocenters. The Kier molecular flexibility index (Phi) is 14.4. The van der Waals surface area contributed by atoms with E-state index < -0.39 is 15.3 Å². The molecule has 0 aromatic carbocycles. The number of nitrogens with zero attached hydrogens (tertiary/aromatic N) is 1. The molecule has 0 spiro atoms. The minimum atomic E-state index is -3.29. The van der Waals surface area contributed by atoms with Crippen molar-refractivity contribution in [1.29, 1.82) is 0 Å². The summed E-state index contributed by atoms with van der Waals surface area (Å²) >= 11 is 0. The van der Waals surface area contributed by atoms with Crippen LogP contribution in [0.1, 0.15) is 47.5 Å². The van der Waals surface area contributed by atoms with Crippen LogP contribution in [0, 0.1) is 0 Å². The SMILES string of the molecule is CCCCN(CCNP(=O)(OCC)OCC)CP(=O)(OCC)OCC. The van der Waals surface area contributed by atoms with Gasteiger partial charge in [-0.2, -0.15) is 0 Å². The zero-order valence-electron chi connectivity index (χ0n) is 16.4. The van der Waals surface area contributed by atoms with E-state index >= 15 is 0 Å². The molecule has 152 valence electrons. The third-order valence-electron chi connectivity index (χ3n) is 3.18. The lowest BCUT2D eigenvalue weighted by Crippen LogP contribution is -2.34. The van der Waals surface area contributed by atoms with E-state index in [4.69, 9.17) is 18.1 Å². The molecular weight excluding hydrogens is 366 g/mol. The Morgan fingerprint density at radius 1 is 0.800 bits per heavy atom. The quantitative estimate of drug-likeness (QED) is 0.364. The first-order valence-electron chi connectivity index (χ1n) is 9.13. The molecule has 0 aromatic rings. The Hall–Kier alpha value is 0.220. The highest BCUT2D eigenvalue weighted by Crippen LogP contribution is 2.48. The van der Waals surface area contributed by atoms with Crippen LogP contribution in [0.15, 0.2) is 0 Å². The highest BCUT2D eigenvalue weighted by molar-refractivity contribution is 7.53. The molecule has 8 nitrogen and oxygen atoms in total. The molecule has 0 amide bonds. The summed E-state index contributed by atoms with van der Waals surface area (Å²) in [6.45, 7) is 12.2. The highest BCUT2D eigenvalue weighted by atomic mass is 31.2. The summed E-state index contributed by atoms with van der Waals surface area (Å²) in [5.74, 6) is 0. The Balaban J connectivity index is 4.75. The van der Waals surface area contributed by atoms with Crippen LogP contribution in [-0.4, -0.2) is 57.2 Å². The van der Waals surface area contributed by atoms with E-state index in [1.54, 1.807) is 27.7 Å². The molecule has 0 rings (SSSR count). The lowest BCUT2D eigenvalue weighted by molar-refractivity contribution is 0.192. The second kappa shape index (κ2) is 14.3. The molecule has 0 saturated heterocycles. The molecule has 10 heteroatoms. The predicted molar refractivity (Wildman–Crippen MR) is 101 cm³/mol. The van der Waals surface area contributed by atoms with Crippen molar-refractivity contribution in [3.05, 3.63) is 0 Å². The third kappa shape index (κ3) is 11.5. The number of rotatable bonds is 17. The van der Waals surface area contributed by atoms with Gasteiger partial charge in [0.2, 0.25) is 0 Å². The van der Waals surface area contributed by atoms with E-state index in [1.807, 2.05) is 4.90 Å². The predicted octanol–water partition coefficient (Wildman–Crippen LogP) is 4.08. The van der Waals surface area contributed by atoms with Gasteiger partial charge in [-0.25, -0.2) is 9.65 Å². The standard InChI is InChI=1S/C15H36N2O6P2/c1-6-11-13-17(15-24(18,20-7-2)21-8-3)14-12-16-25(19,22-9-4)23-10-5/h6-15H2,1-5H3,(H,16,19). The van der Waals surface area contributed by atoms with E-state index in [9.17, 15) is 9.13 Å². The van der Waals surface area contributed by atoms with Crippen molar-refractivity contribution >= 4 is 15.3 Å². The molecule has 25 heavy (non-hydrogen) atoms. The molecule has 0 aliphatic heterocycles. The van der Waals surface area contributed by atoms with Crippen molar-refractivity contribution in [2.45, 2.75) is 47.5 Å². The van der Waals surface area contributed by atoms with Gasteiger partial charge in [0.1, 0.15) is 6.29 Å². The molecule has 0 aliphatic carbocycles. The smallest absolute Gasteiger partial charge is 0.308 e. The van der Waals surface area contributed by atoms with Gasteiger partial charge < -0.3 is 9.05 Å². The van der Waals surface area contributed by atoms with Crippen LogP contribution in [0.4, 0.5) is 0 Å². The zero-order chi connectivity index (χ0) is 19.2. The van der Waals surface area contributed by atoms with Crippen LogP contribution in [0.2, 0.25) is 0 Å². The van der Waals surface area contributed by atoms with Crippen LogP contribution in [0.5, 0.6) is 0 Å². The zero-order valence-corrected chi connectivity index (χ0v) is 18.2. The molecule has 0 heterocycles. The van der Waals surface area contributed by atoms with E-state index in [2.05, 4.69) is 12.0 Å². The van der Waals surface area contributed by atoms with Crippen molar-refractivity contribution in [1.82, 2.24) is 9.99 Å². The van der Waals surface area contributed by atoms with Gasteiger partial charge in [0.25, 0.3) is 0 Å². The monoisotopic (exact) mass is 402 g/mol. The Morgan fingerprint density at radius 2 is 1.32 bits per heavy atom. The van der Waals surface area contributed by atoms with Gasteiger partial charge in [0, 0.05) is 13.1 Å². The lowest BCUT2D eigenvalue weighted by Gasteiger charge is -2.27. The van der Waals surface area contributed by atoms with E-state index in [0.717, 1.165) is 19.4 Å². The summed E-state index contributed by atoms with van der Waals surface area (Å²) < 4.78 is 46.3. The minimum absolute atomic E-state index is 0.212. The number of unbranched alkanes of at least 4 members (excludes halogenated alkanes) is 1. The van der Waals surface area contributed by atoms with Gasteiger partial charge in [0.05, 0.1) is 26.4 Å². The van der Waals surface area contributed by atoms with Crippen molar-refractivity contribution < 1.29 is 27.2 Å². The van der Waals surface area contributed by atoms with Gasteiger partial charge in [-0.3, -0.25) is 18.5 Å². The van der Waals surface area contributed by atoms with Gasteiger partial charge in [-0.05, 0) is 40.7 Å². The first-order valence-corrected chi connectivity index (χ1v) is 12.4. The van der Waals surface area contributed by atoms with Crippen LogP contribution in [0.25, 0.3) is 0 Å². The van der Waals surface area contributed by atoms with E-state index in [1.165, 1.54) is 0 Å². The Morgan fingerprint density at radius 3 is 1.76 bits per heavy atom. The first kappa shape index (κ1) is 25.2. The first-order chi connectivity index (χ1) is 11.9. The van der Waals surface area contributed by atoms with E-state index in [0.29, 0.717) is 39.5 Å². The lowest BCUT2D eigenvalue weighted by atomic mass is 10.3. The summed E-state index contributed by atoms with van der Waals surface area (Å²) in [5.41, 5.74) is 0. The molecule has 1 N–H and O–H groups in total. The summed E-state index contributed by atoms with van der Waals surface area (Å²) in [6.07, 6.45) is 2.20. The molecule has 0 saturated carbocycles. The molecule has 0 radical (unpaired) electrons. The van der Waals surface area contributed by atoms with Gasteiger partial charge in [0.15, 0.2) is 0 Å². The highest BCUT2D eigenvalue weighted by Gasteiger charge is 2.28. The molecule has 0 unspecified atom stereocenters. The summed E-state index contributed by atoms with van der Waals surface area (Å²) in [4.78, 5) is 2.00. The van der Waals surface area contributed by atoms with Crippen molar-refractivity contribution in [2.24, 2.45) is 0 Å². The van der Waals surface area contributed by atoms with Gasteiger partial charge >= 0.3 is 15.3 Å². The number of hydrogen-bond donors (Lipinski definition) is 1. The van der Waals surface area contributed by atoms with Crippen LogP contribution in [-0.2, 0) is 27.2 Å². The fourth-order valence-corrected chi connectivity index (χ4v) is 5.31. The molecule has 0 aromatic heterocycles. The molecule has 0 bridgehead atoms. The Labute approximate surface area is 153 Å². The normalized spacial score (nSPS) is 12.9. The molecule has 0 aliphatic rings. The van der Waals surface area contributed by atoms with E-state index in [-0.39, 0.29) is 6.29 Å². The number of nitrogens with one attached hydrogen (secondary N) is 1. The average molecular weight is 402 g/mol. The van der Waals surface area contributed by atoms with Crippen LogP contribution < -0.4 is 5.09 Å². The minimum Gasteiger partial charge on any atom is -0.308 e. The van der Waals surface area contributed by atoms with Crippen molar-refractivity contribution in [3.8, 4) is 0 Å². The van der Waals surface area contributed by atoms with Gasteiger partial charge in [-0.1, -0.05) is 13.3 Å². The third-order valence-corrected chi connectivity index (χ3v) is 7.04. The maximum Gasteiger partial charge on any atom is 0.405 e. The largest absolute Gasteiger partial charge is 0.405 e. The second-order valence-electron chi connectivity index (χ2n) is 5.30. The summed E-state index contributed by atoms with van der Waals surface area (Å²) in [7, 11) is -6.44. The number of hydrogen-bond acceptors (Lipinski definition) is 7. The summed E-state index contributed by atoms with van der Waals surface area (Å²) in [6, 6.07) is 0. The molecular formula is C15H36N2O6P2. The fraction of sp³-hybridized carbons (Fsp3) is 1.00. The average Bonchev–Trinajstić information content (AvgIpc) is 2.53. The maximum absolute atomic E-state index is 12.7. The Bertz CT molecular complexity index is 405. The fourth-order valence-electron chi connectivity index (χ4n) is 2.21. The van der Waals surface area contributed by atoms with Gasteiger partial charge in [-0.15, -0.1) is 0 Å². The van der Waals surface area contributed by atoms with Crippen LogP contribution in [0.3, 0.4) is 0 Å². The van der Waals surface area contributed by atoms with Crippen molar-refractivity contribution in [3.63, 3.8) is 0 Å². The molecule has 0 fully saturated rings. The topological polar surface area (TPSA) is 86.3 Å². The summed E-state index contributed by atoms with van der Waals surface area (Å²) in [5, 5.41) is 2.85. The van der Waals surface area contributed by atoms with Crippen LogP contribution >= 0.6 is 15.3 Å².